The van der Waals surface area contributed by atoms with Crippen LogP contribution in [0, 0.1) is 11.7 Å². The van der Waals surface area contributed by atoms with Crippen LogP contribution in [-0.4, -0.2) is 29.9 Å². The fourth-order valence-corrected chi connectivity index (χ4v) is 2.39. The Kier molecular flexibility index (Phi) is 3.88. The van der Waals surface area contributed by atoms with Crippen LogP contribution in [0.5, 0.6) is 0 Å². The molecule has 1 amide bonds. The van der Waals surface area contributed by atoms with E-state index in [2.05, 4.69) is 0 Å². The highest BCUT2D eigenvalue weighted by Gasteiger charge is 2.29. The maximum atomic E-state index is 13.7. The van der Waals surface area contributed by atoms with Crippen LogP contribution in [0.4, 0.5) is 4.39 Å². The summed E-state index contributed by atoms with van der Waals surface area (Å²) >= 11 is 5.66. The van der Waals surface area contributed by atoms with Crippen LogP contribution >= 0.6 is 11.6 Å². The number of halogens is 2. The number of carbonyl (C=O) groups excluding carboxylic acids is 1. The Bertz CT molecular complexity index is 464. The van der Waals surface area contributed by atoms with Crippen molar-refractivity contribution in [1.29, 1.82) is 0 Å². The van der Waals surface area contributed by atoms with Gasteiger partial charge in [-0.15, -0.1) is 0 Å². The van der Waals surface area contributed by atoms with Crippen molar-refractivity contribution in [2.75, 3.05) is 13.1 Å². The predicted octanol–water partition coefficient (Wildman–Crippen LogP) is 2.29. The minimum atomic E-state index is -0.572. The summed E-state index contributed by atoms with van der Waals surface area (Å²) in [4.78, 5) is 13.8. The van der Waals surface area contributed by atoms with Crippen LogP contribution in [0.25, 0.3) is 0 Å². The van der Waals surface area contributed by atoms with Gasteiger partial charge in [0.15, 0.2) is 0 Å². The summed E-state index contributed by atoms with van der Waals surface area (Å²) in [5, 5.41) is 0.291. The number of hydrogen-bond donors (Lipinski definition) is 1. The van der Waals surface area contributed by atoms with Gasteiger partial charge in [-0.2, -0.15) is 0 Å². The summed E-state index contributed by atoms with van der Waals surface area (Å²) in [6, 6.07) is 4.17. The van der Waals surface area contributed by atoms with Crippen LogP contribution in [0.2, 0.25) is 5.02 Å². The molecule has 0 aliphatic carbocycles. The van der Waals surface area contributed by atoms with E-state index in [-0.39, 0.29) is 17.5 Å². The Labute approximate surface area is 111 Å². The number of rotatable bonds is 2. The number of nitrogens with zero attached hydrogens (tertiary/aromatic N) is 1. The first kappa shape index (κ1) is 13.3. The molecule has 1 heterocycles. The van der Waals surface area contributed by atoms with Gasteiger partial charge in [0.2, 0.25) is 0 Å². The number of hydrogen-bond acceptors (Lipinski definition) is 2. The Morgan fingerprint density at radius 2 is 2.33 bits per heavy atom. The minimum Gasteiger partial charge on any atom is -0.338 e. The first-order valence-corrected chi connectivity index (χ1v) is 6.36. The number of nitrogens with two attached hydrogens (primary N) is 1. The maximum Gasteiger partial charge on any atom is 0.256 e. The van der Waals surface area contributed by atoms with E-state index in [1.807, 2.05) is 6.92 Å². The Balaban J connectivity index is 2.13. The fraction of sp³-hybridized carbons (Fsp3) is 0.462. The van der Waals surface area contributed by atoms with Crippen molar-refractivity contribution in [2.45, 2.75) is 19.4 Å². The molecule has 98 valence electrons. The predicted molar refractivity (Wildman–Crippen MR) is 69.1 cm³/mol. The summed E-state index contributed by atoms with van der Waals surface area (Å²) in [6.45, 7) is 3.16. The van der Waals surface area contributed by atoms with Crippen LogP contribution in [-0.2, 0) is 0 Å². The van der Waals surface area contributed by atoms with Gasteiger partial charge < -0.3 is 10.6 Å². The van der Waals surface area contributed by atoms with E-state index in [0.717, 1.165) is 12.5 Å². The van der Waals surface area contributed by atoms with Gasteiger partial charge >= 0.3 is 0 Å². The molecule has 1 aromatic rings. The lowest BCUT2D eigenvalue weighted by Gasteiger charge is -2.18. The third-order valence-electron chi connectivity index (χ3n) is 3.42. The van der Waals surface area contributed by atoms with Gasteiger partial charge in [0.05, 0.1) is 5.56 Å². The fourth-order valence-electron chi connectivity index (χ4n) is 2.23. The van der Waals surface area contributed by atoms with Crippen LogP contribution < -0.4 is 5.73 Å². The molecule has 0 bridgehead atoms. The Hall–Kier alpha value is -1.13. The second kappa shape index (κ2) is 5.24. The number of carbonyl (C=O) groups is 1. The first-order valence-electron chi connectivity index (χ1n) is 5.99. The molecule has 0 spiro atoms. The Morgan fingerprint density at radius 1 is 1.61 bits per heavy atom. The number of likely N-dealkylation sites (tertiary alicyclic amines) is 1. The first-order chi connectivity index (χ1) is 8.49. The molecule has 1 saturated heterocycles. The zero-order valence-electron chi connectivity index (χ0n) is 10.2. The van der Waals surface area contributed by atoms with Crippen molar-refractivity contribution in [2.24, 2.45) is 11.7 Å². The highest BCUT2D eigenvalue weighted by atomic mass is 35.5. The molecule has 0 radical (unpaired) electrons. The highest BCUT2D eigenvalue weighted by Crippen LogP contribution is 2.22. The quantitative estimate of drug-likeness (QED) is 0.896. The van der Waals surface area contributed by atoms with Crippen LogP contribution in [0.15, 0.2) is 18.2 Å². The van der Waals surface area contributed by atoms with Crippen molar-refractivity contribution < 1.29 is 9.18 Å². The summed E-state index contributed by atoms with van der Waals surface area (Å²) < 4.78 is 13.7. The summed E-state index contributed by atoms with van der Waals surface area (Å²) in [6.07, 6.45) is 0.874. The second-order valence-corrected chi connectivity index (χ2v) is 5.22. The monoisotopic (exact) mass is 270 g/mol. The molecule has 0 saturated carbocycles. The largest absolute Gasteiger partial charge is 0.338 e. The molecule has 5 heteroatoms. The van der Waals surface area contributed by atoms with Crippen molar-refractivity contribution in [3.8, 4) is 0 Å². The maximum absolute atomic E-state index is 13.7. The normalized spacial score (nSPS) is 21.1. The average molecular weight is 271 g/mol. The molecule has 1 aliphatic rings. The van der Waals surface area contributed by atoms with Gasteiger partial charge in [-0.05, 0) is 37.5 Å². The van der Waals surface area contributed by atoms with E-state index < -0.39 is 5.82 Å². The molecular weight excluding hydrogens is 255 g/mol. The lowest BCUT2D eigenvalue weighted by molar-refractivity contribution is 0.0781. The van der Waals surface area contributed by atoms with Crippen LogP contribution in [0.1, 0.15) is 23.7 Å². The number of benzene rings is 1. The van der Waals surface area contributed by atoms with Gasteiger partial charge in [0, 0.05) is 24.2 Å². The highest BCUT2D eigenvalue weighted by molar-refractivity contribution is 6.30. The lowest BCUT2D eigenvalue weighted by Crippen LogP contribution is -2.33. The lowest BCUT2D eigenvalue weighted by atomic mass is 10.0. The van der Waals surface area contributed by atoms with Crippen molar-refractivity contribution >= 4 is 17.5 Å². The smallest absolute Gasteiger partial charge is 0.256 e. The van der Waals surface area contributed by atoms with E-state index in [0.29, 0.717) is 24.0 Å². The molecule has 2 N–H and O–H groups in total. The van der Waals surface area contributed by atoms with Crippen molar-refractivity contribution in [3.05, 3.63) is 34.6 Å². The molecule has 2 atom stereocenters. The third kappa shape index (κ3) is 2.65. The van der Waals surface area contributed by atoms with E-state index in [4.69, 9.17) is 17.3 Å². The zero-order chi connectivity index (χ0) is 13.3. The number of amides is 1. The summed E-state index contributed by atoms with van der Waals surface area (Å²) in [5.74, 6) is -0.562. The molecule has 3 nitrogen and oxygen atoms in total. The standard InChI is InChI=1S/C13H16ClFN2O/c1-8(16)9-4-5-17(7-9)13(18)11-3-2-10(14)6-12(11)15/h2-3,6,8-9H,4-5,7,16H2,1H3. The average Bonchev–Trinajstić information content (AvgIpc) is 2.77. The van der Waals surface area contributed by atoms with E-state index in [1.165, 1.54) is 12.1 Å². The molecule has 2 rings (SSSR count). The van der Waals surface area contributed by atoms with Crippen LogP contribution in [0.3, 0.4) is 0 Å². The van der Waals surface area contributed by atoms with Gasteiger partial charge in [-0.1, -0.05) is 11.6 Å². The van der Waals surface area contributed by atoms with E-state index >= 15 is 0 Å². The molecule has 2 unspecified atom stereocenters. The zero-order valence-corrected chi connectivity index (χ0v) is 11.0. The molecule has 18 heavy (non-hydrogen) atoms. The van der Waals surface area contributed by atoms with Gasteiger partial charge in [-0.3, -0.25) is 4.79 Å². The second-order valence-electron chi connectivity index (χ2n) is 4.78. The van der Waals surface area contributed by atoms with Crippen molar-refractivity contribution in [1.82, 2.24) is 4.90 Å². The van der Waals surface area contributed by atoms with Gasteiger partial charge in [0.25, 0.3) is 5.91 Å². The Morgan fingerprint density at radius 3 is 2.89 bits per heavy atom. The molecule has 0 aromatic heterocycles. The summed E-state index contributed by atoms with van der Waals surface area (Å²) in [7, 11) is 0. The molecule has 1 aromatic carbocycles. The van der Waals surface area contributed by atoms with Gasteiger partial charge in [0.1, 0.15) is 5.82 Å². The van der Waals surface area contributed by atoms with E-state index in [1.54, 1.807) is 4.90 Å². The minimum absolute atomic E-state index is 0.0536. The topological polar surface area (TPSA) is 46.3 Å². The molecule has 1 fully saturated rings. The van der Waals surface area contributed by atoms with E-state index in [9.17, 15) is 9.18 Å². The van der Waals surface area contributed by atoms with Gasteiger partial charge in [-0.25, -0.2) is 4.39 Å². The molecular formula is C13H16ClFN2O. The van der Waals surface area contributed by atoms with Crippen molar-refractivity contribution in [3.63, 3.8) is 0 Å². The SMILES string of the molecule is CC(N)C1CCN(C(=O)c2ccc(Cl)cc2F)C1. The molecule has 1 aliphatic heterocycles. The third-order valence-corrected chi connectivity index (χ3v) is 3.65. The summed E-state index contributed by atoms with van der Waals surface area (Å²) in [5.41, 5.74) is 5.89.